The van der Waals surface area contributed by atoms with E-state index in [9.17, 15) is 12.8 Å². The molecule has 0 saturated carbocycles. The van der Waals surface area contributed by atoms with Gasteiger partial charge in [0.25, 0.3) is 0 Å². The van der Waals surface area contributed by atoms with Gasteiger partial charge in [-0.2, -0.15) is 0 Å². The van der Waals surface area contributed by atoms with Gasteiger partial charge in [0.05, 0.1) is 5.75 Å². The number of hydrogen-bond acceptors (Lipinski definition) is 5. The van der Waals surface area contributed by atoms with Crippen LogP contribution in [0.15, 0.2) is 97.1 Å². The van der Waals surface area contributed by atoms with Gasteiger partial charge in [0.1, 0.15) is 30.5 Å². The number of benzene rings is 4. The van der Waals surface area contributed by atoms with E-state index >= 15 is 0 Å². The van der Waals surface area contributed by atoms with Gasteiger partial charge in [0.2, 0.25) is 10.0 Å². The second-order valence-corrected chi connectivity index (χ2v) is 10.7. The van der Waals surface area contributed by atoms with Crippen LogP contribution in [0.3, 0.4) is 0 Å². The normalized spacial score (nSPS) is 11.3. The standard InChI is InChI=1S/C30H31FN2O4S/c1-32-38(34,35)22-27-14-8-13-26(30(27)31)19-33-18-25-15-16-28(36-20-23-9-4-2-5-10-23)17-29(25)37-21-24-11-6-3-7-12-24/h2-17,32-33H,18-22H2,1H3. The minimum absolute atomic E-state index is 0.130. The van der Waals surface area contributed by atoms with Crippen LogP contribution in [0.5, 0.6) is 11.5 Å². The van der Waals surface area contributed by atoms with E-state index in [-0.39, 0.29) is 12.1 Å². The zero-order valence-electron chi connectivity index (χ0n) is 21.2. The molecule has 38 heavy (non-hydrogen) atoms. The lowest BCUT2D eigenvalue weighted by Gasteiger charge is -2.15. The summed E-state index contributed by atoms with van der Waals surface area (Å²) >= 11 is 0. The number of nitrogens with one attached hydrogen (secondary N) is 2. The molecular formula is C30H31FN2O4S. The van der Waals surface area contributed by atoms with Gasteiger partial charge in [-0.15, -0.1) is 0 Å². The fourth-order valence-electron chi connectivity index (χ4n) is 3.87. The van der Waals surface area contributed by atoms with Crippen LogP contribution in [0.4, 0.5) is 4.39 Å². The van der Waals surface area contributed by atoms with E-state index in [1.165, 1.54) is 13.1 Å². The highest BCUT2D eigenvalue weighted by Crippen LogP contribution is 2.27. The molecule has 198 valence electrons. The maximum atomic E-state index is 15.0. The van der Waals surface area contributed by atoms with Crippen molar-refractivity contribution in [2.75, 3.05) is 7.05 Å². The van der Waals surface area contributed by atoms with Crippen LogP contribution < -0.4 is 19.5 Å². The summed E-state index contributed by atoms with van der Waals surface area (Å²) in [6.45, 7) is 1.48. The fourth-order valence-corrected chi connectivity index (χ4v) is 4.65. The van der Waals surface area contributed by atoms with E-state index in [1.54, 1.807) is 12.1 Å². The lowest BCUT2D eigenvalue weighted by atomic mass is 10.1. The summed E-state index contributed by atoms with van der Waals surface area (Å²) in [5.74, 6) is 0.417. The summed E-state index contributed by atoms with van der Waals surface area (Å²) in [6.07, 6.45) is 0. The molecular weight excluding hydrogens is 503 g/mol. The summed E-state index contributed by atoms with van der Waals surface area (Å²) in [7, 11) is -2.26. The molecule has 2 N–H and O–H groups in total. The first-order chi connectivity index (χ1) is 18.4. The topological polar surface area (TPSA) is 76.7 Å². The predicted octanol–water partition coefficient (Wildman–Crippen LogP) is 5.32. The lowest BCUT2D eigenvalue weighted by molar-refractivity contribution is 0.287. The van der Waals surface area contributed by atoms with Gasteiger partial charge in [0.15, 0.2) is 0 Å². The Morgan fingerprint density at radius 3 is 1.97 bits per heavy atom. The number of rotatable bonds is 13. The smallest absolute Gasteiger partial charge is 0.215 e. The minimum Gasteiger partial charge on any atom is -0.489 e. The highest BCUT2D eigenvalue weighted by atomic mass is 32.2. The van der Waals surface area contributed by atoms with Crippen LogP contribution in [0, 0.1) is 5.82 Å². The van der Waals surface area contributed by atoms with Crippen molar-refractivity contribution in [1.82, 2.24) is 10.0 Å². The first-order valence-electron chi connectivity index (χ1n) is 12.3. The monoisotopic (exact) mass is 534 g/mol. The lowest BCUT2D eigenvalue weighted by Crippen LogP contribution is -2.21. The van der Waals surface area contributed by atoms with Crippen molar-refractivity contribution in [3.63, 3.8) is 0 Å². The molecule has 0 unspecified atom stereocenters. The van der Waals surface area contributed by atoms with E-state index in [2.05, 4.69) is 10.0 Å². The van der Waals surface area contributed by atoms with E-state index in [1.807, 2.05) is 78.9 Å². The summed E-state index contributed by atoms with van der Waals surface area (Å²) in [4.78, 5) is 0. The van der Waals surface area contributed by atoms with Crippen molar-refractivity contribution in [2.24, 2.45) is 0 Å². The molecule has 0 aliphatic heterocycles. The Kier molecular flexibility index (Phi) is 9.48. The van der Waals surface area contributed by atoms with Gasteiger partial charge in [0, 0.05) is 35.8 Å². The second kappa shape index (κ2) is 13.2. The Morgan fingerprint density at radius 2 is 1.32 bits per heavy atom. The fraction of sp³-hybridized carbons (Fsp3) is 0.200. The molecule has 0 amide bonds. The van der Waals surface area contributed by atoms with Crippen molar-refractivity contribution in [3.8, 4) is 11.5 Å². The number of sulfonamides is 1. The molecule has 0 aliphatic carbocycles. The zero-order valence-corrected chi connectivity index (χ0v) is 22.0. The Morgan fingerprint density at radius 1 is 0.711 bits per heavy atom. The largest absolute Gasteiger partial charge is 0.489 e. The van der Waals surface area contributed by atoms with Crippen LogP contribution in [0.2, 0.25) is 0 Å². The van der Waals surface area contributed by atoms with Crippen LogP contribution >= 0.6 is 0 Å². The minimum atomic E-state index is -3.58. The molecule has 0 aromatic heterocycles. The molecule has 0 atom stereocenters. The Bertz CT molecular complexity index is 1430. The maximum absolute atomic E-state index is 15.0. The Balaban J connectivity index is 1.45. The molecule has 0 bridgehead atoms. The molecule has 0 aliphatic rings. The summed E-state index contributed by atoms with van der Waals surface area (Å²) in [5, 5.41) is 3.25. The molecule has 0 spiro atoms. The van der Waals surface area contributed by atoms with E-state index in [0.29, 0.717) is 36.8 Å². The van der Waals surface area contributed by atoms with Gasteiger partial charge < -0.3 is 14.8 Å². The summed E-state index contributed by atoms with van der Waals surface area (Å²) in [5.41, 5.74) is 3.52. The van der Waals surface area contributed by atoms with E-state index < -0.39 is 21.6 Å². The average molecular weight is 535 g/mol. The Labute approximate surface area is 223 Å². The predicted molar refractivity (Wildman–Crippen MR) is 147 cm³/mol. The first-order valence-corrected chi connectivity index (χ1v) is 13.9. The van der Waals surface area contributed by atoms with Crippen molar-refractivity contribution >= 4 is 10.0 Å². The van der Waals surface area contributed by atoms with Crippen LogP contribution in [0.1, 0.15) is 27.8 Å². The van der Waals surface area contributed by atoms with Gasteiger partial charge in [-0.25, -0.2) is 17.5 Å². The van der Waals surface area contributed by atoms with Crippen molar-refractivity contribution in [3.05, 3.63) is 131 Å². The van der Waals surface area contributed by atoms with Gasteiger partial charge >= 0.3 is 0 Å². The van der Waals surface area contributed by atoms with Crippen molar-refractivity contribution in [1.29, 1.82) is 0 Å². The quantitative estimate of drug-likeness (QED) is 0.243. The van der Waals surface area contributed by atoms with Gasteiger partial charge in [-0.3, -0.25) is 0 Å². The van der Waals surface area contributed by atoms with E-state index in [0.717, 1.165) is 16.7 Å². The highest BCUT2D eigenvalue weighted by Gasteiger charge is 2.15. The van der Waals surface area contributed by atoms with Crippen molar-refractivity contribution < 1.29 is 22.3 Å². The molecule has 0 saturated heterocycles. The van der Waals surface area contributed by atoms with Crippen LogP contribution in [-0.2, 0) is 42.1 Å². The van der Waals surface area contributed by atoms with E-state index in [4.69, 9.17) is 9.47 Å². The second-order valence-electron chi connectivity index (χ2n) is 8.78. The first kappa shape index (κ1) is 27.3. The van der Waals surface area contributed by atoms with Gasteiger partial charge in [-0.05, 0) is 24.2 Å². The third-order valence-corrected chi connectivity index (χ3v) is 7.28. The molecule has 0 radical (unpaired) electrons. The molecule has 0 fully saturated rings. The molecule has 4 aromatic carbocycles. The summed E-state index contributed by atoms with van der Waals surface area (Å²) in [6, 6.07) is 30.3. The van der Waals surface area contributed by atoms with Crippen LogP contribution in [-0.4, -0.2) is 15.5 Å². The molecule has 4 rings (SSSR count). The molecule has 6 nitrogen and oxygen atoms in total. The third-order valence-electron chi connectivity index (χ3n) is 5.97. The highest BCUT2D eigenvalue weighted by molar-refractivity contribution is 7.88. The third kappa shape index (κ3) is 7.89. The maximum Gasteiger partial charge on any atom is 0.215 e. The zero-order chi connectivity index (χ0) is 26.8. The van der Waals surface area contributed by atoms with Gasteiger partial charge in [-0.1, -0.05) is 84.9 Å². The SMILES string of the molecule is CNS(=O)(=O)Cc1cccc(CNCc2ccc(OCc3ccccc3)cc2OCc2ccccc2)c1F. The average Bonchev–Trinajstić information content (AvgIpc) is 2.94. The molecule has 0 heterocycles. The molecule has 8 heteroatoms. The Hall–Kier alpha value is -3.72. The summed E-state index contributed by atoms with van der Waals surface area (Å²) < 4.78 is 53.1. The number of halogens is 1. The number of ether oxygens (including phenoxy) is 2. The molecule has 4 aromatic rings. The number of hydrogen-bond donors (Lipinski definition) is 2. The van der Waals surface area contributed by atoms with Crippen LogP contribution in [0.25, 0.3) is 0 Å². The van der Waals surface area contributed by atoms with Crippen molar-refractivity contribution in [2.45, 2.75) is 32.1 Å².